The summed E-state index contributed by atoms with van der Waals surface area (Å²) < 4.78 is 16.2. The SMILES string of the molecule is CC(=O)OC(C)COc1ccc(Oc2ccccc2)cc1. The molecule has 0 saturated heterocycles. The van der Waals surface area contributed by atoms with Crippen LogP contribution in [0.4, 0.5) is 0 Å². The highest BCUT2D eigenvalue weighted by Crippen LogP contribution is 2.23. The lowest BCUT2D eigenvalue weighted by Crippen LogP contribution is -2.20. The van der Waals surface area contributed by atoms with Gasteiger partial charge in [0.15, 0.2) is 0 Å². The van der Waals surface area contributed by atoms with E-state index >= 15 is 0 Å². The van der Waals surface area contributed by atoms with Gasteiger partial charge in [-0.05, 0) is 43.3 Å². The number of benzene rings is 2. The van der Waals surface area contributed by atoms with Gasteiger partial charge < -0.3 is 14.2 Å². The molecule has 0 radical (unpaired) electrons. The van der Waals surface area contributed by atoms with Crippen molar-refractivity contribution in [2.24, 2.45) is 0 Å². The number of hydrogen-bond acceptors (Lipinski definition) is 4. The lowest BCUT2D eigenvalue weighted by molar-refractivity contribution is -0.146. The van der Waals surface area contributed by atoms with Gasteiger partial charge in [-0.3, -0.25) is 4.79 Å². The normalized spacial score (nSPS) is 11.5. The number of esters is 1. The Bertz CT molecular complexity index is 563. The monoisotopic (exact) mass is 286 g/mol. The van der Waals surface area contributed by atoms with Crippen LogP contribution < -0.4 is 9.47 Å². The third-order valence-corrected chi connectivity index (χ3v) is 2.65. The van der Waals surface area contributed by atoms with E-state index in [-0.39, 0.29) is 12.1 Å². The molecule has 0 aliphatic heterocycles. The summed E-state index contributed by atoms with van der Waals surface area (Å²) in [5.74, 6) is 1.92. The van der Waals surface area contributed by atoms with Crippen molar-refractivity contribution >= 4 is 5.97 Å². The van der Waals surface area contributed by atoms with Crippen LogP contribution in [0.15, 0.2) is 54.6 Å². The lowest BCUT2D eigenvalue weighted by atomic mass is 10.3. The Morgan fingerprint density at radius 3 is 2.14 bits per heavy atom. The van der Waals surface area contributed by atoms with E-state index in [1.807, 2.05) is 54.6 Å². The van der Waals surface area contributed by atoms with Crippen molar-refractivity contribution in [3.63, 3.8) is 0 Å². The molecule has 0 aromatic heterocycles. The molecule has 0 aliphatic carbocycles. The van der Waals surface area contributed by atoms with Crippen molar-refractivity contribution in [2.75, 3.05) is 6.61 Å². The van der Waals surface area contributed by atoms with E-state index in [1.165, 1.54) is 6.92 Å². The zero-order valence-corrected chi connectivity index (χ0v) is 12.1. The molecule has 2 aromatic carbocycles. The fraction of sp³-hybridized carbons (Fsp3) is 0.235. The summed E-state index contributed by atoms with van der Waals surface area (Å²) in [6, 6.07) is 16.9. The van der Waals surface area contributed by atoms with Crippen LogP contribution in [0.1, 0.15) is 13.8 Å². The minimum absolute atomic E-state index is 0.275. The van der Waals surface area contributed by atoms with Crippen LogP contribution in [0.3, 0.4) is 0 Å². The Morgan fingerprint density at radius 2 is 1.52 bits per heavy atom. The van der Waals surface area contributed by atoms with Gasteiger partial charge in [0.05, 0.1) is 0 Å². The maximum atomic E-state index is 10.8. The second kappa shape index (κ2) is 7.33. The van der Waals surface area contributed by atoms with Crippen LogP contribution in [0.2, 0.25) is 0 Å². The number of carbonyl (C=O) groups is 1. The number of rotatable bonds is 6. The maximum absolute atomic E-state index is 10.8. The second-order valence-corrected chi connectivity index (χ2v) is 4.62. The quantitative estimate of drug-likeness (QED) is 0.757. The van der Waals surface area contributed by atoms with Gasteiger partial charge in [-0.25, -0.2) is 0 Å². The van der Waals surface area contributed by atoms with Crippen molar-refractivity contribution in [3.05, 3.63) is 54.6 Å². The summed E-state index contributed by atoms with van der Waals surface area (Å²) in [5.41, 5.74) is 0. The fourth-order valence-electron chi connectivity index (χ4n) is 1.76. The first-order chi connectivity index (χ1) is 10.1. The van der Waals surface area contributed by atoms with E-state index in [1.54, 1.807) is 6.92 Å². The van der Waals surface area contributed by atoms with Crippen LogP contribution in [0.25, 0.3) is 0 Å². The zero-order chi connectivity index (χ0) is 15.1. The largest absolute Gasteiger partial charge is 0.490 e. The van der Waals surface area contributed by atoms with Gasteiger partial charge in [-0.2, -0.15) is 0 Å². The summed E-state index contributed by atoms with van der Waals surface area (Å²) in [5, 5.41) is 0. The Balaban J connectivity index is 1.86. The highest BCUT2D eigenvalue weighted by atomic mass is 16.6. The summed E-state index contributed by atoms with van der Waals surface area (Å²) >= 11 is 0. The lowest BCUT2D eigenvalue weighted by Gasteiger charge is -2.13. The van der Waals surface area contributed by atoms with E-state index in [0.717, 1.165) is 11.5 Å². The summed E-state index contributed by atoms with van der Waals surface area (Å²) in [6.07, 6.45) is -0.275. The molecule has 1 atom stereocenters. The van der Waals surface area contributed by atoms with Gasteiger partial charge in [0.1, 0.15) is 30.0 Å². The van der Waals surface area contributed by atoms with Crippen LogP contribution in [0.5, 0.6) is 17.2 Å². The van der Waals surface area contributed by atoms with Crippen LogP contribution in [-0.2, 0) is 9.53 Å². The van der Waals surface area contributed by atoms with E-state index in [4.69, 9.17) is 14.2 Å². The Labute approximate surface area is 124 Å². The van der Waals surface area contributed by atoms with Crippen molar-refractivity contribution in [2.45, 2.75) is 20.0 Å². The predicted octanol–water partition coefficient (Wildman–Crippen LogP) is 3.81. The maximum Gasteiger partial charge on any atom is 0.303 e. The van der Waals surface area contributed by atoms with Gasteiger partial charge >= 0.3 is 5.97 Å². The molecular formula is C17H18O4. The number of para-hydroxylation sites is 1. The van der Waals surface area contributed by atoms with Crippen LogP contribution >= 0.6 is 0 Å². The first-order valence-electron chi connectivity index (χ1n) is 6.76. The zero-order valence-electron chi connectivity index (χ0n) is 12.1. The molecule has 0 bridgehead atoms. The molecule has 2 rings (SSSR count). The van der Waals surface area contributed by atoms with Crippen molar-refractivity contribution in [3.8, 4) is 17.2 Å². The summed E-state index contributed by atoms with van der Waals surface area (Å²) in [7, 11) is 0. The first-order valence-corrected chi connectivity index (χ1v) is 6.76. The molecule has 0 amide bonds. The Kier molecular flexibility index (Phi) is 5.21. The molecule has 4 nitrogen and oxygen atoms in total. The first kappa shape index (κ1) is 14.9. The van der Waals surface area contributed by atoms with Crippen LogP contribution in [-0.4, -0.2) is 18.7 Å². The van der Waals surface area contributed by atoms with Gasteiger partial charge in [0.25, 0.3) is 0 Å². The molecule has 2 aromatic rings. The Hall–Kier alpha value is -2.49. The number of hydrogen-bond donors (Lipinski definition) is 0. The van der Waals surface area contributed by atoms with Crippen molar-refractivity contribution in [1.29, 1.82) is 0 Å². The van der Waals surface area contributed by atoms with E-state index in [2.05, 4.69) is 0 Å². The van der Waals surface area contributed by atoms with Gasteiger partial charge in [0, 0.05) is 6.92 Å². The topological polar surface area (TPSA) is 44.8 Å². The molecule has 0 spiro atoms. The molecule has 0 fully saturated rings. The molecule has 0 N–H and O–H groups in total. The Morgan fingerprint density at radius 1 is 0.952 bits per heavy atom. The predicted molar refractivity (Wildman–Crippen MR) is 79.7 cm³/mol. The molecule has 21 heavy (non-hydrogen) atoms. The highest BCUT2D eigenvalue weighted by Gasteiger charge is 2.06. The summed E-state index contributed by atoms with van der Waals surface area (Å²) in [4.78, 5) is 10.8. The van der Waals surface area contributed by atoms with Crippen molar-refractivity contribution in [1.82, 2.24) is 0 Å². The average Bonchev–Trinajstić information content (AvgIpc) is 2.47. The van der Waals surface area contributed by atoms with E-state index in [0.29, 0.717) is 12.4 Å². The van der Waals surface area contributed by atoms with Gasteiger partial charge in [-0.15, -0.1) is 0 Å². The third kappa shape index (κ3) is 5.18. The molecule has 0 aliphatic rings. The second-order valence-electron chi connectivity index (χ2n) is 4.62. The molecule has 1 unspecified atom stereocenters. The fourth-order valence-corrected chi connectivity index (χ4v) is 1.76. The summed E-state index contributed by atoms with van der Waals surface area (Å²) in [6.45, 7) is 3.49. The van der Waals surface area contributed by atoms with Crippen LogP contribution in [0, 0.1) is 0 Å². The van der Waals surface area contributed by atoms with E-state index < -0.39 is 0 Å². The standard InChI is InChI=1S/C17H18O4/c1-13(20-14(2)18)12-19-15-8-10-17(11-9-15)21-16-6-4-3-5-7-16/h3-11,13H,12H2,1-2H3. The number of carbonyl (C=O) groups excluding carboxylic acids is 1. The molecular weight excluding hydrogens is 268 g/mol. The van der Waals surface area contributed by atoms with E-state index in [9.17, 15) is 4.79 Å². The molecule has 110 valence electrons. The number of ether oxygens (including phenoxy) is 3. The molecule has 4 heteroatoms. The average molecular weight is 286 g/mol. The molecule has 0 heterocycles. The minimum atomic E-state index is -0.308. The molecule has 0 saturated carbocycles. The third-order valence-electron chi connectivity index (χ3n) is 2.65. The smallest absolute Gasteiger partial charge is 0.303 e. The highest BCUT2D eigenvalue weighted by molar-refractivity contribution is 5.66. The minimum Gasteiger partial charge on any atom is -0.490 e. The van der Waals surface area contributed by atoms with Gasteiger partial charge in [-0.1, -0.05) is 18.2 Å². The van der Waals surface area contributed by atoms with Crippen molar-refractivity contribution < 1.29 is 19.0 Å². The van der Waals surface area contributed by atoms with Gasteiger partial charge in [0.2, 0.25) is 0 Å².